The number of halogens is 1. The molecule has 2 rings (SSSR count). The van der Waals surface area contributed by atoms with Crippen LogP contribution in [-0.2, 0) is 4.79 Å². The maximum Gasteiger partial charge on any atom is 0.255 e. The highest BCUT2D eigenvalue weighted by atomic mass is 79.9. The number of carbonyl (C=O) groups excluding carboxylic acids is 2. The normalized spacial score (nSPS) is 16.1. The first-order chi connectivity index (χ1) is 9.08. The summed E-state index contributed by atoms with van der Waals surface area (Å²) in [5.74, 6) is 0.0395. The summed E-state index contributed by atoms with van der Waals surface area (Å²) in [6.07, 6.45) is 4.03. The van der Waals surface area contributed by atoms with Gasteiger partial charge in [0.1, 0.15) is 0 Å². The van der Waals surface area contributed by atoms with Crippen LogP contribution >= 0.6 is 15.9 Å². The summed E-state index contributed by atoms with van der Waals surface area (Å²) < 4.78 is 0.790. The van der Waals surface area contributed by atoms with Crippen LogP contribution < -0.4 is 0 Å². The molecule has 0 N–H and O–H groups in total. The van der Waals surface area contributed by atoms with Crippen LogP contribution in [0.25, 0.3) is 0 Å². The minimum atomic E-state index is -0.0285. The molecule has 0 bridgehead atoms. The molecule has 0 spiro atoms. The average Bonchev–Trinajstić information content (AvgIpc) is 2.63. The number of hydrogen-bond acceptors (Lipinski definition) is 3. The Kier molecular flexibility index (Phi) is 4.52. The van der Waals surface area contributed by atoms with Crippen molar-refractivity contribution in [1.82, 2.24) is 14.8 Å². The second kappa shape index (κ2) is 6.14. The first-order valence-corrected chi connectivity index (χ1v) is 7.02. The van der Waals surface area contributed by atoms with Gasteiger partial charge in [-0.15, -0.1) is 0 Å². The lowest BCUT2D eigenvalue weighted by Crippen LogP contribution is -2.36. The zero-order valence-electron chi connectivity index (χ0n) is 10.8. The Morgan fingerprint density at radius 3 is 2.53 bits per heavy atom. The van der Waals surface area contributed by atoms with E-state index in [0.29, 0.717) is 25.2 Å². The Morgan fingerprint density at radius 1 is 1.16 bits per heavy atom. The third-order valence-electron chi connectivity index (χ3n) is 3.18. The van der Waals surface area contributed by atoms with Crippen LogP contribution in [0.3, 0.4) is 0 Å². The van der Waals surface area contributed by atoms with Crippen LogP contribution in [0.5, 0.6) is 0 Å². The maximum absolute atomic E-state index is 12.3. The number of hydrogen-bond donors (Lipinski definition) is 0. The quantitative estimate of drug-likeness (QED) is 0.787. The van der Waals surface area contributed by atoms with Gasteiger partial charge in [0.25, 0.3) is 5.91 Å². The van der Waals surface area contributed by atoms with Crippen molar-refractivity contribution in [2.75, 3.05) is 26.2 Å². The molecule has 0 aliphatic carbocycles. The molecule has 0 saturated carbocycles. The minimum Gasteiger partial charge on any atom is -0.341 e. The van der Waals surface area contributed by atoms with Crippen molar-refractivity contribution in [3.63, 3.8) is 0 Å². The minimum absolute atomic E-state index is 0.0285. The van der Waals surface area contributed by atoms with E-state index in [-0.39, 0.29) is 11.8 Å². The van der Waals surface area contributed by atoms with Crippen LogP contribution in [0.15, 0.2) is 22.9 Å². The number of aromatic nitrogens is 1. The second-order valence-corrected chi connectivity index (χ2v) is 5.46. The van der Waals surface area contributed by atoms with E-state index in [1.54, 1.807) is 35.2 Å². The van der Waals surface area contributed by atoms with E-state index in [1.807, 2.05) is 0 Å². The lowest BCUT2D eigenvalue weighted by atomic mass is 10.2. The lowest BCUT2D eigenvalue weighted by molar-refractivity contribution is -0.128. The third kappa shape index (κ3) is 3.53. The molecule has 0 unspecified atom stereocenters. The highest BCUT2D eigenvalue weighted by Crippen LogP contribution is 2.13. The van der Waals surface area contributed by atoms with E-state index in [2.05, 4.69) is 20.9 Å². The molecule has 0 aromatic carbocycles. The molecule has 19 heavy (non-hydrogen) atoms. The average molecular weight is 326 g/mol. The molecule has 1 aromatic rings. The van der Waals surface area contributed by atoms with Crippen LogP contribution in [0, 0.1) is 0 Å². The van der Waals surface area contributed by atoms with Crippen LogP contribution in [-0.4, -0.2) is 52.8 Å². The molecule has 0 atom stereocenters. The molecular weight excluding hydrogens is 310 g/mol. The molecule has 1 saturated heterocycles. The molecule has 2 heterocycles. The SMILES string of the molecule is CC(=O)N1CCCN(C(=O)c2cncc(Br)c2)CC1. The first-order valence-electron chi connectivity index (χ1n) is 6.23. The van der Waals surface area contributed by atoms with Crippen molar-refractivity contribution < 1.29 is 9.59 Å². The second-order valence-electron chi connectivity index (χ2n) is 4.54. The summed E-state index contributed by atoms with van der Waals surface area (Å²) >= 11 is 3.31. The van der Waals surface area contributed by atoms with Gasteiger partial charge in [-0.25, -0.2) is 0 Å². The fourth-order valence-corrected chi connectivity index (χ4v) is 2.51. The van der Waals surface area contributed by atoms with Crippen molar-refractivity contribution in [1.29, 1.82) is 0 Å². The van der Waals surface area contributed by atoms with Crippen LogP contribution in [0.4, 0.5) is 0 Å². The lowest BCUT2D eigenvalue weighted by Gasteiger charge is -2.21. The Bertz CT molecular complexity index is 493. The van der Waals surface area contributed by atoms with Gasteiger partial charge in [0.15, 0.2) is 0 Å². The van der Waals surface area contributed by atoms with Crippen molar-refractivity contribution in [2.45, 2.75) is 13.3 Å². The maximum atomic E-state index is 12.3. The molecule has 0 radical (unpaired) electrons. The smallest absolute Gasteiger partial charge is 0.255 e. The van der Waals surface area contributed by atoms with Gasteiger partial charge in [-0.3, -0.25) is 14.6 Å². The van der Waals surface area contributed by atoms with Crippen molar-refractivity contribution >= 4 is 27.7 Å². The number of nitrogens with zero attached hydrogens (tertiary/aromatic N) is 3. The molecule has 102 valence electrons. The van der Waals surface area contributed by atoms with Gasteiger partial charge in [-0.05, 0) is 28.4 Å². The number of amides is 2. The standard InChI is InChI=1S/C13H16BrN3O2/c1-10(18)16-3-2-4-17(6-5-16)13(19)11-7-12(14)9-15-8-11/h7-9H,2-6H2,1H3. The van der Waals surface area contributed by atoms with Crippen molar-refractivity contribution in [2.24, 2.45) is 0 Å². The zero-order valence-corrected chi connectivity index (χ0v) is 12.4. The molecule has 1 aliphatic rings. The Hall–Kier alpha value is -1.43. The fraction of sp³-hybridized carbons (Fsp3) is 0.462. The molecule has 1 aromatic heterocycles. The van der Waals surface area contributed by atoms with Crippen LogP contribution in [0.2, 0.25) is 0 Å². The van der Waals surface area contributed by atoms with Gasteiger partial charge in [0, 0.05) is 50.0 Å². The third-order valence-corrected chi connectivity index (χ3v) is 3.61. The van der Waals surface area contributed by atoms with E-state index >= 15 is 0 Å². The Morgan fingerprint density at radius 2 is 1.84 bits per heavy atom. The summed E-state index contributed by atoms with van der Waals surface area (Å²) in [5, 5.41) is 0. The topological polar surface area (TPSA) is 53.5 Å². The molecule has 1 fully saturated rings. The van der Waals surface area contributed by atoms with Gasteiger partial charge in [0.05, 0.1) is 5.56 Å². The van der Waals surface area contributed by atoms with E-state index < -0.39 is 0 Å². The van der Waals surface area contributed by atoms with Gasteiger partial charge in [0.2, 0.25) is 5.91 Å². The highest BCUT2D eigenvalue weighted by molar-refractivity contribution is 9.10. The monoisotopic (exact) mass is 325 g/mol. The fourth-order valence-electron chi connectivity index (χ4n) is 2.15. The molecular formula is C13H16BrN3O2. The summed E-state index contributed by atoms with van der Waals surface area (Å²) in [7, 11) is 0. The van der Waals surface area contributed by atoms with E-state index in [1.165, 1.54) is 0 Å². The van der Waals surface area contributed by atoms with E-state index in [4.69, 9.17) is 0 Å². The first kappa shape index (κ1) is 14.0. The number of rotatable bonds is 1. The molecule has 2 amide bonds. The summed E-state index contributed by atoms with van der Waals surface area (Å²) in [6, 6.07) is 1.77. The van der Waals surface area contributed by atoms with Crippen LogP contribution in [0.1, 0.15) is 23.7 Å². The summed E-state index contributed by atoms with van der Waals surface area (Å²) in [5.41, 5.74) is 0.575. The molecule has 5 nitrogen and oxygen atoms in total. The van der Waals surface area contributed by atoms with Crippen molar-refractivity contribution in [3.05, 3.63) is 28.5 Å². The van der Waals surface area contributed by atoms with Gasteiger partial charge in [-0.1, -0.05) is 0 Å². The summed E-state index contributed by atoms with van der Waals surface area (Å²) in [4.78, 5) is 31.3. The molecule has 6 heteroatoms. The highest BCUT2D eigenvalue weighted by Gasteiger charge is 2.21. The van der Waals surface area contributed by atoms with Gasteiger partial charge in [-0.2, -0.15) is 0 Å². The zero-order chi connectivity index (χ0) is 13.8. The van der Waals surface area contributed by atoms with Gasteiger partial charge < -0.3 is 9.80 Å². The molecule has 1 aliphatic heterocycles. The largest absolute Gasteiger partial charge is 0.341 e. The number of pyridine rings is 1. The Balaban J connectivity index is 2.06. The van der Waals surface area contributed by atoms with Crippen molar-refractivity contribution in [3.8, 4) is 0 Å². The Labute approximate surface area is 120 Å². The predicted molar refractivity (Wildman–Crippen MR) is 74.7 cm³/mol. The number of carbonyl (C=O) groups is 2. The van der Waals surface area contributed by atoms with Gasteiger partial charge >= 0.3 is 0 Å². The van der Waals surface area contributed by atoms with E-state index in [9.17, 15) is 9.59 Å². The van der Waals surface area contributed by atoms with E-state index in [0.717, 1.165) is 17.4 Å². The predicted octanol–water partition coefficient (Wildman–Crippen LogP) is 1.54. The summed E-state index contributed by atoms with van der Waals surface area (Å²) in [6.45, 7) is 4.13.